The molecule has 0 bridgehead atoms. The van der Waals surface area contributed by atoms with Crippen molar-refractivity contribution in [2.24, 2.45) is 0 Å². The van der Waals surface area contributed by atoms with Gasteiger partial charge in [0.2, 0.25) is 0 Å². The van der Waals surface area contributed by atoms with Crippen LogP contribution in [-0.4, -0.2) is 0 Å². The monoisotopic (exact) mass is 596 g/mol. The number of furan rings is 1. The summed E-state index contributed by atoms with van der Waals surface area (Å²) in [5, 5.41) is 12.2. The van der Waals surface area contributed by atoms with Crippen LogP contribution in [0.25, 0.3) is 98.4 Å². The third kappa shape index (κ3) is 4.03. The molecule has 1 heteroatoms. The number of fused-ring (bicyclic) bond motifs is 7. The Bertz CT molecular complexity index is 2830. The molecule has 0 aliphatic heterocycles. The maximum atomic E-state index is 6.41. The number of rotatable bonds is 3. The standard InChI is InChI=1S/C46H28O/c1-2-11-29(12-3-1)33-21-23-39-42(26-33)46(36-20-10-16-30-13-6-7-17-35(30)36)38-19-9-8-18-37(38)45(39)34-22-24-43-40(27-34)41-25-31-14-4-5-15-32(31)28-44(41)47-43/h1-28H. The smallest absolute Gasteiger partial charge is 0.136 e. The van der Waals surface area contributed by atoms with Crippen molar-refractivity contribution in [3.8, 4) is 33.4 Å². The summed E-state index contributed by atoms with van der Waals surface area (Å²) in [6.45, 7) is 0. The highest BCUT2D eigenvalue weighted by Crippen LogP contribution is 2.47. The molecule has 10 rings (SSSR count). The fourth-order valence-corrected chi connectivity index (χ4v) is 7.65. The molecule has 0 atom stereocenters. The van der Waals surface area contributed by atoms with Crippen LogP contribution in [-0.2, 0) is 0 Å². The summed E-state index contributed by atoms with van der Waals surface area (Å²) in [4.78, 5) is 0. The molecule has 1 heterocycles. The minimum absolute atomic E-state index is 0.909. The van der Waals surface area contributed by atoms with Crippen LogP contribution in [0.5, 0.6) is 0 Å². The summed E-state index contributed by atoms with van der Waals surface area (Å²) in [5.74, 6) is 0. The predicted octanol–water partition coefficient (Wildman–Crippen LogP) is 13.2. The van der Waals surface area contributed by atoms with E-state index in [2.05, 4.69) is 170 Å². The van der Waals surface area contributed by atoms with E-state index in [9.17, 15) is 0 Å². The highest BCUT2D eigenvalue weighted by Gasteiger charge is 2.20. The van der Waals surface area contributed by atoms with Gasteiger partial charge in [0.25, 0.3) is 0 Å². The minimum atomic E-state index is 0.909. The molecule has 0 aliphatic carbocycles. The molecule has 218 valence electrons. The molecule has 0 saturated carbocycles. The van der Waals surface area contributed by atoms with Gasteiger partial charge >= 0.3 is 0 Å². The van der Waals surface area contributed by atoms with E-state index < -0.39 is 0 Å². The van der Waals surface area contributed by atoms with Crippen molar-refractivity contribution in [3.05, 3.63) is 170 Å². The predicted molar refractivity (Wildman–Crippen MR) is 200 cm³/mol. The summed E-state index contributed by atoms with van der Waals surface area (Å²) < 4.78 is 6.41. The van der Waals surface area contributed by atoms with E-state index in [1.54, 1.807) is 0 Å². The van der Waals surface area contributed by atoms with Gasteiger partial charge in [0, 0.05) is 10.8 Å². The summed E-state index contributed by atoms with van der Waals surface area (Å²) in [6.07, 6.45) is 0. The summed E-state index contributed by atoms with van der Waals surface area (Å²) >= 11 is 0. The Morgan fingerprint density at radius 3 is 1.70 bits per heavy atom. The lowest BCUT2D eigenvalue weighted by Gasteiger charge is -2.19. The molecule has 0 saturated heterocycles. The van der Waals surface area contributed by atoms with Gasteiger partial charge in [-0.2, -0.15) is 0 Å². The zero-order valence-electron chi connectivity index (χ0n) is 25.6. The maximum Gasteiger partial charge on any atom is 0.136 e. The van der Waals surface area contributed by atoms with Gasteiger partial charge in [0.05, 0.1) is 0 Å². The number of hydrogen-bond acceptors (Lipinski definition) is 1. The Morgan fingerprint density at radius 2 is 0.872 bits per heavy atom. The van der Waals surface area contributed by atoms with E-state index in [1.807, 2.05) is 0 Å². The normalized spacial score (nSPS) is 11.8. The van der Waals surface area contributed by atoms with E-state index in [0.29, 0.717) is 0 Å². The molecule has 0 aliphatic rings. The highest BCUT2D eigenvalue weighted by atomic mass is 16.3. The molecule has 0 spiro atoms. The number of benzene rings is 9. The number of hydrogen-bond donors (Lipinski definition) is 0. The van der Waals surface area contributed by atoms with Crippen LogP contribution in [0.15, 0.2) is 174 Å². The van der Waals surface area contributed by atoms with E-state index in [0.717, 1.165) is 21.9 Å². The molecule has 1 nitrogen and oxygen atoms in total. The molecule has 0 fully saturated rings. The van der Waals surface area contributed by atoms with Gasteiger partial charge < -0.3 is 4.42 Å². The van der Waals surface area contributed by atoms with Crippen LogP contribution in [0.4, 0.5) is 0 Å². The first kappa shape index (κ1) is 26.1. The SMILES string of the molecule is c1ccc(-c2ccc3c(-c4ccc5oc6cc7ccccc7cc6c5c4)c4ccccc4c(-c4cccc5ccccc45)c3c2)cc1. The average Bonchev–Trinajstić information content (AvgIpc) is 3.49. The molecule has 0 amide bonds. The summed E-state index contributed by atoms with van der Waals surface area (Å²) in [7, 11) is 0. The molecule has 1 aromatic heterocycles. The zero-order valence-corrected chi connectivity index (χ0v) is 25.6. The van der Waals surface area contributed by atoms with Crippen LogP contribution in [0.1, 0.15) is 0 Å². The molecule has 47 heavy (non-hydrogen) atoms. The Balaban J connectivity index is 1.33. The van der Waals surface area contributed by atoms with Crippen molar-refractivity contribution < 1.29 is 4.42 Å². The highest BCUT2D eigenvalue weighted by molar-refractivity contribution is 6.24. The largest absolute Gasteiger partial charge is 0.456 e. The van der Waals surface area contributed by atoms with Gasteiger partial charge in [-0.1, -0.05) is 140 Å². The van der Waals surface area contributed by atoms with Gasteiger partial charge in [-0.05, 0) is 107 Å². The molecule has 0 unspecified atom stereocenters. The van der Waals surface area contributed by atoms with Crippen molar-refractivity contribution in [1.29, 1.82) is 0 Å². The van der Waals surface area contributed by atoms with Gasteiger partial charge in [-0.3, -0.25) is 0 Å². The fraction of sp³-hybridized carbons (Fsp3) is 0. The van der Waals surface area contributed by atoms with Crippen molar-refractivity contribution in [1.82, 2.24) is 0 Å². The molecular weight excluding hydrogens is 569 g/mol. The zero-order chi connectivity index (χ0) is 30.9. The average molecular weight is 597 g/mol. The molecule has 10 aromatic rings. The molecular formula is C46H28O. The van der Waals surface area contributed by atoms with E-state index in [1.165, 1.54) is 76.5 Å². The Kier molecular flexibility index (Phi) is 5.64. The molecule has 9 aromatic carbocycles. The van der Waals surface area contributed by atoms with Crippen LogP contribution < -0.4 is 0 Å². The van der Waals surface area contributed by atoms with Gasteiger partial charge in [0.15, 0.2) is 0 Å². The lowest BCUT2D eigenvalue weighted by atomic mass is 9.83. The van der Waals surface area contributed by atoms with Gasteiger partial charge in [-0.15, -0.1) is 0 Å². The quantitative estimate of drug-likeness (QED) is 0.185. The fourth-order valence-electron chi connectivity index (χ4n) is 7.65. The topological polar surface area (TPSA) is 13.1 Å². The summed E-state index contributed by atoms with van der Waals surface area (Å²) in [6, 6.07) is 61.7. The third-order valence-corrected chi connectivity index (χ3v) is 9.82. The minimum Gasteiger partial charge on any atom is -0.456 e. The second-order valence-corrected chi connectivity index (χ2v) is 12.5. The first-order valence-electron chi connectivity index (χ1n) is 16.2. The van der Waals surface area contributed by atoms with E-state index in [4.69, 9.17) is 4.42 Å². The Morgan fingerprint density at radius 1 is 0.277 bits per heavy atom. The second kappa shape index (κ2) is 10.2. The third-order valence-electron chi connectivity index (χ3n) is 9.82. The lowest BCUT2D eigenvalue weighted by molar-refractivity contribution is 0.669. The maximum absolute atomic E-state index is 6.41. The van der Waals surface area contributed by atoms with Gasteiger partial charge in [0.1, 0.15) is 11.2 Å². The Labute approximate surface area is 271 Å². The molecule has 0 N–H and O–H groups in total. The van der Waals surface area contributed by atoms with Crippen LogP contribution in [0.2, 0.25) is 0 Å². The van der Waals surface area contributed by atoms with Gasteiger partial charge in [-0.25, -0.2) is 0 Å². The van der Waals surface area contributed by atoms with E-state index in [-0.39, 0.29) is 0 Å². The second-order valence-electron chi connectivity index (χ2n) is 12.5. The summed E-state index contributed by atoms with van der Waals surface area (Å²) in [5.41, 5.74) is 9.22. The van der Waals surface area contributed by atoms with Crippen molar-refractivity contribution >= 4 is 65.0 Å². The Hall–Kier alpha value is -6.18. The van der Waals surface area contributed by atoms with E-state index >= 15 is 0 Å². The van der Waals surface area contributed by atoms with Crippen molar-refractivity contribution in [2.75, 3.05) is 0 Å². The van der Waals surface area contributed by atoms with Crippen molar-refractivity contribution in [3.63, 3.8) is 0 Å². The van der Waals surface area contributed by atoms with Crippen LogP contribution in [0.3, 0.4) is 0 Å². The first-order valence-corrected chi connectivity index (χ1v) is 16.2. The van der Waals surface area contributed by atoms with Crippen LogP contribution in [0, 0.1) is 0 Å². The lowest BCUT2D eigenvalue weighted by Crippen LogP contribution is -1.92. The molecule has 0 radical (unpaired) electrons. The van der Waals surface area contributed by atoms with Crippen LogP contribution >= 0.6 is 0 Å². The first-order chi connectivity index (χ1) is 23.3. The van der Waals surface area contributed by atoms with Crippen molar-refractivity contribution in [2.45, 2.75) is 0 Å².